The van der Waals surface area contributed by atoms with Crippen molar-refractivity contribution in [3.05, 3.63) is 35.4 Å². The Morgan fingerprint density at radius 1 is 1.29 bits per heavy atom. The summed E-state index contributed by atoms with van der Waals surface area (Å²) in [5.74, 6) is 0.220. The van der Waals surface area contributed by atoms with Crippen LogP contribution in [0.2, 0.25) is 0 Å². The van der Waals surface area contributed by atoms with Crippen molar-refractivity contribution in [3.8, 4) is 0 Å². The highest BCUT2D eigenvalue weighted by Gasteiger charge is 2.06. The average molecular weight is 255 g/mol. The minimum atomic E-state index is -3.04. The molecule has 0 aliphatic heterocycles. The van der Waals surface area contributed by atoms with Crippen molar-refractivity contribution in [1.29, 1.82) is 0 Å². The summed E-state index contributed by atoms with van der Waals surface area (Å²) in [5, 5.41) is 0. The summed E-state index contributed by atoms with van der Waals surface area (Å²) >= 11 is 0. The topological polar surface area (TPSA) is 46.2 Å². The van der Waals surface area contributed by atoms with E-state index in [1.807, 2.05) is 13.0 Å². The molecule has 0 radical (unpaired) electrons. The lowest BCUT2D eigenvalue weighted by Crippen LogP contribution is -2.27. The maximum atomic E-state index is 11.4. The van der Waals surface area contributed by atoms with Crippen molar-refractivity contribution < 1.29 is 8.42 Å². The van der Waals surface area contributed by atoms with E-state index in [2.05, 4.69) is 29.8 Å². The molecule has 0 unspecified atom stereocenters. The Balaban J connectivity index is 2.29. The molecule has 0 saturated heterocycles. The SMILES string of the molecule is CCCS(=O)(=O)NCCCc1cccc(C)c1. The van der Waals surface area contributed by atoms with Crippen LogP contribution in [-0.2, 0) is 16.4 Å². The van der Waals surface area contributed by atoms with E-state index in [-0.39, 0.29) is 5.75 Å². The van der Waals surface area contributed by atoms with Crippen LogP contribution < -0.4 is 4.72 Å². The van der Waals surface area contributed by atoms with Crippen molar-refractivity contribution >= 4 is 10.0 Å². The molecular formula is C13H21NO2S. The van der Waals surface area contributed by atoms with Crippen molar-refractivity contribution in [2.75, 3.05) is 12.3 Å². The molecule has 0 saturated carbocycles. The number of nitrogens with one attached hydrogen (secondary N) is 1. The monoisotopic (exact) mass is 255 g/mol. The van der Waals surface area contributed by atoms with Crippen molar-refractivity contribution in [1.82, 2.24) is 4.72 Å². The van der Waals surface area contributed by atoms with Crippen LogP contribution in [-0.4, -0.2) is 20.7 Å². The van der Waals surface area contributed by atoms with Crippen LogP contribution in [0.1, 0.15) is 30.9 Å². The Bertz CT molecular complexity index is 440. The Labute approximate surface area is 104 Å². The van der Waals surface area contributed by atoms with Gasteiger partial charge in [-0.3, -0.25) is 0 Å². The third-order valence-electron chi connectivity index (χ3n) is 2.52. The highest BCUT2D eigenvalue weighted by molar-refractivity contribution is 7.89. The Hall–Kier alpha value is -0.870. The lowest BCUT2D eigenvalue weighted by molar-refractivity contribution is 0.577. The molecule has 0 heterocycles. The van der Waals surface area contributed by atoms with Gasteiger partial charge in [-0.05, 0) is 31.7 Å². The molecule has 1 aromatic carbocycles. The Morgan fingerprint density at radius 2 is 2.06 bits per heavy atom. The summed E-state index contributed by atoms with van der Waals surface area (Å²) < 4.78 is 25.4. The molecule has 1 N–H and O–H groups in total. The summed E-state index contributed by atoms with van der Waals surface area (Å²) in [6.07, 6.45) is 2.41. The zero-order valence-electron chi connectivity index (χ0n) is 10.6. The molecule has 0 aliphatic carbocycles. The normalized spacial score (nSPS) is 11.6. The molecule has 17 heavy (non-hydrogen) atoms. The van der Waals surface area contributed by atoms with Crippen molar-refractivity contribution in [2.24, 2.45) is 0 Å². The van der Waals surface area contributed by atoms with E-state index in [4.69, 9.17) is 0 Å². The van der Waals surface area contributed by atoms with Crippen LogP contribution in [0, 0.1) is 6.92 Å². The van der Waals surface area contributed by atoms with E-state index in [1.54, 1.807) is 0 Å². The van der Waals surface area contributed by atoms with Gasteiger partial charge in [0.2, 0.25) is 10.0 Å². The molecule has 0 spiro atoms. The predicted octanol–water partition coefficient (Wildman–Crippen LogP) is 2.26. The summed E-state index contributed by atoms with van der Waals surface area (Å²) in [7, 11) is -3.04. The fourth-order valence-electron chi connectivity index (χ4n) is 1.73. The summed E-state index contributed by atoms with van der Waals surface area (Å²) in [6.45, 7) is 4.45. The van der Waals surface area contributed by atoms with E-state index < -0.39 is 10.0 Å². The van der Waals surface area contributed by atoms with Gasteiger partial charge in [0.25, 0.3) is 0 Å². The molecule has 96 valence electrons. The van der Waals surface area contributed by atoms with Gasteiger partial charge in [0.05, 0.1) is 5.75 Å². The molecule has 0 bridgehead atoms. The molecule has 0 aromatic heterocycles. The lowest BCUT2D eigenvalue weighted by Gasteiger charge is -2.06. The van der Waals surface area contributed by atoms with Crippen LogP contribution in [0.3, 0.4) is 0 Å². The molecular weight excluding hydrogens is 234 g/mol. The second-order valence-corrected chi connectivity index (χ2v) is 6.23. The molecule has 0 atom stereocenters. The number of sulfonamides is 1. The van der Waals surface area contributed by atoms with Gasteiger partial charge in [-0.15, -0.1) is 0 Å². The highest BCUT2D eigenvalue weighted by atomic mass is 32.2. The van der Waals surface area contributed by atoms with E-state index in [0.717, 1.165) is 12.8 Å². The maximum Gasteiger partial charge on any atom is 0.211 e. The smallest absolute Gasteiger partial charge is 0.211 e. The van der Waals surface area contributed by atoms with Crippen molar-refractivity contribution in [2.45, 2.75) is 33.1 Å². The van der Waals surface area contributed by atoms with Crippen molar-refractivity contribution in [3.63, 3.8) is 0 Å². The van der Waals surface area contributed by atoms with Gasteiger partial charge in [-0.1, -0.05) is 36.8 Å². The first kappa shape index (κ1) is 14.2. The van der Waals surface area contributed by atoms with E-state index in [1.165, 1.54) is 11.1 Å². The van der Waals surface area contributed by atoms with Gasteiger partial charge in [0.1, 0.15) is 0 Å². The molecule has 0 aliphatic rings. The minimum absolute atomic E-state index is 0.220. The molecule has 1 rings (SSSR count). The minimum Gasteiger partial charge on any atom is -0.215 e. The predicted molar refractivity (Wildman–Crippen MR) is 71.6 cm³/mol. The molecule has 0 fully saturated rings. The molecule has 1 aromatic rings. The van der Waals surface area contributed by atoms with Gasteiger partial charge in [0, 0.05) is 6.54 Å². The third kappa shape index (κ3) is 5.84. The second kappa shape index (κ2) is 6.77. The highest BCUT2D eigenvalue weighted by Crippen LogP contribution is 2.06. The number of rotatable bonds is 7. The van der Waals surface area contributed by atoms with E-state index in [9.17, 15) is 8.42 Å². The number of hydrogen-bond donors (Lipinski definition) is 1. The van der Waals surface area contributed by atoms with Crippen LogP contribution in [0.5, 0.6) is 0 Å². The van der Waals surface area contributed by atoms with Crippen LogP contribution in [0.4, 0.5) is 0 Å². The van der Waals surface area contributed by atoms with Crippen LogP contribution >= 0.6 is 0 Å². The first-order chi connectivity index (χ1) is 8.03. The first-order valence-electron chi connectivity index (χ1n) is 6.06. The number of aryl methyl sites for hydroxylation is 2. The second-order valence-electron chi connectivity index (χ2n) is 4.31. The number of hydrogen-bond acceptors (Lipinski definition) is 2. The maximum absolute atomic E-state index is 11.4. The fourth-order valence-corrected chi connectivity index (χ4v) is 2.87. The molecule has 0 amide bonds. The summed E-state index contributed by atoms with van der Waals surface area (Å²) in [6, 6.07) is 8.31. The quantitative estimate of drug-likeness (QED) is 0.760. The van der Waals surface area contributed by atoms with Gasteiger partial charge < -0.3 is 0 Å². The Kier molecular flexibility index (Phi) is 5.65. The third-order valence-corrected chi connectivity index (χ3v) is 4.11. The molecule has 3 nitrogen and oxygen atoms in total. The van der Waals surface area contributed by atoms with Gasteiger partial charge in [0.15, 0.2) is 0 Å². The van der Waals surface area contributed by atoms with Crippen LogP contribution in [0.15, 0.2) is 24.3 Å². The van der Waals surface area contributed by atoms with Gasteiger partial charge in [-0.2, -0.15) is 0 Å². The number of benzene rings is 1. The zero-order valence-corrected chi connectivity index (χ0v) is 11.4. The average Bonchev–Trinajstić information content (AvgIpc) is 2.24. The zero-order chi connectivity index (χ0) is 12.7. The summed E-state index contributed by atoms with van der Waals surface area (Å²) in [5.41, 5.74) is 2.51. The van der Waals surface area contributed by atoms with Gasteiger partial charge in [-0.25, -0.2) is 13.1 Å². The first-order valence-corrected chi connectivity index (χ1v) is 7.71. The Morgan fingerprint density at radius 3 is 2.71 bits per heavy atom. The molecule has 4 heteroatoms. The standard InChI is InChI=1S/C13H21NO2S/c1-3-10-17(15,16)14-9-5-8-13-7-4-6-12(2)11-13/h4,6-7,11,14H,3,5,8-10H2,1-2H3. The van der Waals surface area contributed by atoms with Crippen LogP contribution in [0.25, 0.3) is 0 Å². The van der Waals surface area contributed by atoms with E-state index >= 15 is 0 Å². The van der Waals surface area contributed by atoms with Gasteiger partial charge >= 0.3 is 0 Å². The fraction of sp³-hybridized carbons (Fsp3) is 0.538. The van der Waals surface area contributed by atoms with E-state index in [0.29, 0.717) is 13.0 Å². The largest absolute Gasteiger partial charge is 0.215 e. The summed E-state index contributed by atoms with van der Waals surface area (Å²) in [4.78, 5) is 0. The lowest BCUT2D eigenvalue weighted by atomic mass is 10.1.